The molecule has 0 fully saturated rings. The number of aryl methyl sites for hydroxylation is 1. The molecule has 1 rings (SSSR count). The number of carbonyl (C=O) groups is 1. The smallest absolute Gasteiger partial charge is 0.261 e. The molecular weight excluding hydrogens is 224 g/mol. The molecule has 1 amide bonds. The van der Waals surface area contributed by atoms with E-state index in [0.29, 0.717) is 23.5 Å². The second-order valence-electron chi connectivity index (χ2n) is 3.95. The fourth-order valence-electron chi connectivity index (χ4n) is 1.28. The van der Waals surface area contributed by atoms with E-state index in [1.54, 1.807) is 6.07 Å². The standard InChI is InChI=1S/C11H18N2O2S/c1-7(3-4-14)6-13-11(15)10-5-9(12)8(2)16-10/h5,7,14H,3-4,6,12H2,1-2H3,(H,13,15). The van der Waals surface area contributed by atoms with Gasteiger partial charge < -0.3 is 16.2 Å². The summed E-state index contributed by atoms with van der Waals surface area (Å²) in [7, 11) is 0. The van der Waals surface area contributed by atoms with Crippen molar-refractivity contribution < 1.29 is 9.90 Å². The Hall–Kier alpha value is -1.07. The minimum absolute atomic E-state index is 0.0883. The Morgan fingerprint density at radius 3 is 2.88 bits per heavy atom. The highest BCUT2D eigenvalue weighted by atomic mass is 32.1. The van der Waals surface area contributed by atoms with Gasteiger partial charge in [0.2, 0.25) is 0 Å². The summed E-state index contributed by atoms with van der Waals surface area (Å²) in [5, 5.41) is 11.6. The highest BCUT2D eigenvalue weighted by Crippen LogP contribution is 2.23. The van der Waals surface area contributed by atoms with E-state index in [-0.39, 0.29) is 18.4 Å². The first-order valence-electron chi connectivity index (χ1n) is 5.29. The van der Waals surface area contributed by atoms with Gasteiger partial charge in [-0.25, -0.2) is 0 Å². The minimum Gasteiger partial charge on any atom is -0.398 e. The molecule has 0 bridgehead atoms. The van der Waals surface area contributed by atoms with Gasteiger partial charge in [-0.1, -0.05) is 6.92 Å². The summed E-state index contributed by atoms with van der Waals surface area (Å²) < 4.78 is 0. The van der Waals surface area contributed by atoms with Gasteiger partial charge in [-0.15, -0.1) is 11.3 Å². The molecule has 0 saturated heterocycles. The largest absolute Gasteiger partial charge is 0.398 e. The van der Waals surface area contributed by atoms with Crippen molar-refractivity contribution in [2.24, 2.45) is 5.92 Å². The summed E-state index contributed by atoms with van der Waals surface area (Å²) in [6.45, 7) is 4.62. The normalized spacial score (nSPS) is 12.4. The first kappa shape index (κ1) is 13.0. The monoisotopic (exact) mass is 242 g/mol. The van der Waals surface area contributed by atoms with E-state index in [4.69, 9.17) is 10.8 Å². The molecule has 0 saturated carbocycles. The molecule has 1 unspecified atom stereocenters. The maximum absolute atomic E-state index is 11.7. The fourth-order valence-corrected chi connectivity index (χ4v) is 2.14. The maximum atomic E-state index is 11.7. The summed E-state index contributed by atoms with van der Waals surface area (Å²) >= 11 is 1.40. The lowest BCUT2D eigenvalue weighted by Gasteiger charge is -2.10. The summed E-state index contributed by atoms with van der Waals surface area (Å²) in [5.41, 5.74) is 6.34. The van der Waals surface area contributed by atoms with Crippen LogP contribution in [-0.2, 0) is 0 Å². The number of hydrogen-bond acceptors (Lipinski definition) is 4. The van der Waals surface area contributed by atoms with Gasteiger partial charge in [-0.3, -0.25) is 4.79 Å². The summed E-state index contributed by atoms with van der Waals surface area (Å²) in [6, 6.07) is 1.70. The van der Waals surface area contributed by atoms with Gasteiger partial charge in [0, 0.05) is 23.7 Å². The maximum Gasteiger partial charge on any atom is 0.261 e. The Bertz CT molecular complexity index is 343. The van der Waals surface area contributed by atoms with Crippen molar-refractivity contribution in [3.05, 3.63) is 15.8 Å². The predicted octanol–water partition coefficient (Wildman–Crippen LogP) is 1.39. The summed E-state index contributed by atoms with van der Waals surface area (Å²) in [6.07, 6.45) is 0.700. The molecule has 90 valence electrons. The first-order valence-corrected chi connectivity index (χ1v) is 6.11. The number of hydrogen-bond donors (Lipinski definition) is 3. The number of carbonyl (C=O) groups excluding carboxylic acids is 1. The van der Waals surface area contributed by atoms with Crippen LogP contribution in [0, 0.1) is 12.8 Å². The van der Waals surface area contributed by atoms with Crippen LogP contribution in [-0.4, -0.2) is 24.2 Å². The molecule has 4 N–H and O–H groups in total. The van der Waals surface area contributed by atoms with Crippen molar-refractivity contribution in [2.45, 2.75) is 20.3 Å². The van der Waals surface area contributed by atoms with Gasteiger partial charge >= 0.3 is 0 Å². The molecule has 4 nitrogen and oxygen atoms in total. The topological polar surface area (TPSA) is 75.3 Å². The molecule has 0 spiro atoms. The molecule has 1 atom stereocenters. The van der Waals surface area contributed by atoms with Crippen LogP contribution in [0.4, 0.5) is 5.69 Å². The van der Waals surface area contributed by atoms with Crippen LogP contribution in [0.25, 0.3) is 0 Å². The Morgan fingerprint density at radius 1 is 1.69 bits per heavy atom. The number of rotatable bonds is 5. The van der Waals surface area contributed by atoms with Crippen molar-refractivity contribution in [2.75, 3.05) is 18.9 Å². The lowest BCUT2D eigenvalue weighted by Crippen LogP contribution is -2.28. The molecule has 1 heterocycles. The van der Waals surface area contributed by atoms with Crippen LogP contribution in [0.3, 0.4) is 0 Å². The fraction of sp³-hybridized carbons (Fsp3) is 0.545. The third-order valence-electron chi connectivity index (χ3n) is 2.41. The molecule has 0 radical (unpaired) electrons. The van der Waals surface area contributed by atoms with Crippen molar-refractivity contribution in [1.29, 1.82) is 0 Å². The Morgan fingerprint density at radius 2 is 2.38 bits per heavy atom. The van der Waals surface area contributed by atoms with Crippen molar-refractivity contribution in [3.63, 3.8) is 0 Å². The third-order valence-corrected chi connectivity index (χ3v) is 3.48. The zero-order valence-electron chi connectivity index (χ0n) is 9.62. The van der Waals surface area contributed by atoms with Gasteiger partial charge in [0.15, 0.2) is 0 Å². The number of aliphatic hydroxyl groups excluding tert-OH is 1. The lowest BCUT2D eigenvalue weighted by atomic mass is 10.1. The van der Waals surface area contributed by atoms with E-state index >= 15 is 0 Å². The minimum atomic E-state index is -0.0883. The second kappa shape index (κ2) is 5.86. The number of amides is 1. The van der Waals surface area contributed by atoms with Gasteiger partial charge in [-0.2, -0.15) is 0 Å². The Labute approximate surface area is 99.5 Å². The highest BCUT2D eigenvalue weighted by molar-refractivity contribution is 7.14. The number of nitrogens with one attached hydrogen (secondary N) is 1. The van der Waals surface area contributed by atoms with E-state index < -0.39 is 0 Å². The number of nitrogens with two attached hydrogens (primary N) is 1. The van der Waals surface area contributed by atoms with Crippen LogP contribution in [0.2, 0.25) is 0 Å². The van der Waals surface area contributed by atoms with Gasteiger partial charge in [0.25, 0.3) is 5.91 Å². The number of aliphatic hydroxyl groups is 1. The second-order valence-corrected chi connectivity index (χ2v) is 5.21. The van der Waals surface area contributed by atoms with Gasteiger partial charge in [0.05, 0.1) is 4.88 Å². The van der Waals surface area contributed by atoms with Gasteiger partial charge in [0.1, 0.15) is 0 Å². The van der Waals surface area contributed by atoms with Crippen LogP contribution in [0.5, 0.6) is 0 Å². The van der Waals surface area contributed by atoms with Crippen LogP contribution >= 0.6 is 11.3 Å². The van der Waals surface area contributed by atoms with E-state index in [1.165, 1.54) is 11.3 Å². The molecular formula is C11H18N2O2S. The molecule has 0 aliphatic carbocycles. The van der Waals surface area contributed by atoms with Crippen LogP contribution < -0.4 is 11.1 Å². The highest BCUT2D eigenvalue weighted by Gasteiger charge is 2.11. The van der Waals surface area contributed by atoms with Crippen molar-refractivity contribution >= 4 is 22.9 Å². The molecule has 1 aromatic rings. The van der Waals surface area contributed by atoms with E-state index in [0.717, 1.165) is 4.88 Å². The quantitative estimate of drug-likeness (QED) is 0.730. The Balaban J connectivity index is 2.46. The first-order chi connectivity index (χ1) is 7.54. The van der Waals surface area contributed by atoms with Crippen molar-refractivity contribution in [1.82, 2.24) is 5.32 Å². The number of anilines is 1. The van der Waals surface area contributed by atoms with E-state index in [2.05, 4.69) is 5.32 Å². The third kappa shape index (κ3) is 3.50. The number of thiophene rings is 1. The SMILES string of the molecule is Cc1sc(C(=O)NCC(C)CCO)cc1N. The van der Waals surface area contributed by atoms with E-state index in [9.17, 15) is 4.79 Å². The van der Waals surface area contributed by atoms with Crippen LogP contribution in [0.1, 0.15) is 27.9 Å². The molecule has 0 aliphatic heterocycles. The molecule has 0 aliphatic rings. The molecule has 16 heavy (non-hydrogen) atoms. The average molecular weight is 242 g/mol. The zero-order valence-corrected chi connectivity index (χ0v) is 10.4. The zero-order chi connectivity index (χ0) is 12.1. The molecule has 5 heteroatoms. The number of nitrogen functional groups attached to an aromatic ring is 1. The van der Waals surface area contributed by atoms with Gasteiger partial charge in [-0.05, 0) is 25.3 Å². The molecule has 0 aromatic carbocycles. The van der Waals surface area contributed by atoms with Crippen LogP contribution in [0.15, 0.2) is 6.07 Å². The van der Waals surface area contributed by atoms with E-state index in [1.807, 2.05) is 13.8 Å². The molecule has 1 aromatic heterocycles. The Kier molecular flexibility index (Phi) is 4.76. The average Bonchev–Trinajstić information content (AvgIpc) is 2.56. The summed E-state index contributed by atoms with van der Waals surface area (Å²) in [5.74, 6) is 0.196. The lowest BCUT2D eigenvalue weighted by molar-refractivity contribution is 0.0949. The predicted molar refractivity (Wildman–Crippen MR) is 66.7 cm³/mol. The summed E-state index contributed by atoms with van der Waals surface area (Å²) in [4.78, 5) is 13.3. The van der Waals surface area contributed by atoms with Crippen molar-refractivity contribution in [3.8, 4) is 0 Å².